The number of hydrogen-bond acceptors (Lipinski definition) is 5. The molecule has 6 heteroatoms. The van der Waals surface area contributed by atoms with E-state index in [0.717, 1.165) is 5.69 Å². The smallest absolute Gasteiger partial charge is 0.259 e. The maximum atomic E-state index is 11.7. The van der Waals surface area contributed by atoms with Crippen molar-refractivity contribution in [2.75, 3.05) is 11.9 Å². The van der Waals surface area contributed by atoms with Crippen molar-refractivity contribution in [3.8, 4) is 11.5 Å². The van der Waals surface area contributed by atoms with E-state index in [1.54, 1.807) is 6.92 Å². The van der Waals surface area contributed by atoms with E-state index in [1.165, 1.54) is 18.2 Å². The lowest BCUT2D eigenvalue weighted by Crippen LogP contribution is -2.26. The van der Waals surface area contributed by atoms with Crippen molar-refractivity contribution in [3.05, 3.63) is 54.1 Å². The molecule has 0 heterocycles. The molecule has 2 aromatic rings. The van der Waals surface area contributed by atoms with Crippen LogP contribution in [0.3, 0.4) is 0 Å². The lowest BCUT2D eigenvalue weighted by molar-refractivity contribution is -0.119. The normalized spacial score (nSPS) is 11.0. The molecule has 6 nitrogen and oxygen atoms in total. The highest BCUT2D eigenvalue weighted by molar-refractivity contribution is 6.01. The van der Waals surface area contributed by atoms with E-state index >= 15 is 0 Å². The molecule has 0 aromatic heterocycles. The van der Waals surface area contributed by atoms with Crippen LogP contribution in [0.4, 0.5) is 5.69 Å². The average Bonchev–Trinajstić information content (AvgIpc) is 2.51. The van der Waals surface area contributed by atoms with E-state index in [4.69, 9.17) is 0 Å². The third kappa shape index (κ3) is 4.24. The standard InChI is InChI=1S/C16H17N3O3/c1-11(14-8-7-13(20)9-15(14)21)18-19-16(22)10-17-12-5-3-2-4-6-12/h2-9,17,20-21H,10H2,1H3,(H,19,22)/b18-11+. The fraction of sp³-hybridized carbons (Fsp3) is 0.125. The Morgan fingerprint density at radius 3 is 2.55 bits per heavy atom. The largest absolute Gasteiger partial charge is 0.508 e. The maximum Gasteiger partial charge on any atom is 0.259 e. The molecule has 4 N–H and O–H groups in total. The molecule has 1 amide bonds. The molecule has 0 saturated carbocycles. The van der Waals surface area contributed by atoms with Crippen molar-refractivity contribution >= 4 is 17.3 Å². The summed E-state index contributed by atoms with van der Waals surface area (Å²) in [5, 5.41) is 25.8. The van der Waals surface area contributed by atoms with Gasteiger partial charge in [-0.2, -0.15) is 5.10 Å². The van der Waals surface area contributed by atoms with Crippen molar-refractivity contribution in [3.63, 3.8) is 0 Å². The van der Waals surface area contributed by atoms with E-state index in [9.17, 15) is 15.0 Å². The minimum Gasteiger partial charge on any atom is -0.508 e. The van der Waals surface area contributed by atoms with Gasteiger partial charge in [-0.25, -0.2) is 5.43 Å². The number of hydrogen-bond donors (Lipinski definition) is 4. The van der Waals surface area contributed by atoms with E-state index < -0.39 is 0 Å². The number of amides is 1. The van der Waals surface area contributed by atoms with Gasteiger partial charge >= 0.3 is 0 Å². The molecule has 114 valence electrons. The van der Waals surface area contributed by atoms with Gasteiger partial charge < -0.3 is 15.5 Å². The van der Waals surface area contributed by atoms with Gasteiger partial charge in [0.15, 0.2) is 0 Å². The number of carbonyl (C=O) groups is 1. The van der Waals surface area contributed by atoms with Crippen molar-refractivity contribution < 1.29 is 15.0 Å². The molecule has 0 saturated heterocycles. The first-order chi connectivity index (χ1) is 10.6. The van der Waals surface area contributed by atoms with Crippen LogP contribution < -0.4 is 10.7 Å². The SMILES string of the molecule is C/C(=N\NC(=O)CNc1ccccc1)c1ccc(O)cc1O. The molecular formula is C16H17N3O3. The molecule has 0 radical (unpaired) electrons. The molecule has 22 heavy (non-hydrogen) atoms. The number of nitrogens with one attached hydrogen (secondary N) is 2. The molecule has 0 unspecified atom stereocenters. The lowest BCUT2D eigenvalue weighted by atomic mass is 10.1. The van der Waals surface area contributed by atoms with Gasteiger partial charge in [-0.15, -0.1) is 0 Å². The number of hydrazone groups is 1. The minimum absolute atomic E-state index is 0.0369. The van der Waals surface area contributed by atoms with Crippen LogP contribution in [0, 0.1) is 0 Å². The first kappa shape index (κ1) is 15.4. The summed E-state index contributed by atoms with van der Waals surface area (Å²) < 4.78 is 0. The fourth-order valence-electron chi connectivity index (χ4n) is 1.81. The Bertz CT molecular complexity index is 684. The average molecular weight is 299 g/mol. The van der Waals surface area contributed by atoms with E-state index in [0.29, 0.717) is 11.3 Å². The highest BCUT2D eigenvalue weighted by atomic mass is 16.3. The molecular weight excluding hydrogens is 282 g/mol. The minimum atomic E-state index is -0.304. The molecule has 0 spiro atoms. The molecule has 2 aromatic carbocycles. The van der Waals surface area contributed by atoms with Crippen LogP contribution >= 0.6 is 0 Å². The first-order valence-corrected chi connectivity index (χ1v) is 6.70. The van der Waals surface area contributed by atoms with Crippen LogP contribution in [-0.2, 0) is 4.79 Å². The van der Waals surface area contributed by atoms with Crippen molar-refractivity contribution in [2.45, 2.75) is 6.92 Å². The number of carbonyl (C=O) groups excluding carboxylic acids is 1. The summed E-state index contributed by atoms with van der Waals surface area (Å²) in [6.07, 6.45) is 0. The van der Waals surface area contributed by atoms with Crippen LogP contribution in [0.5, 0.6) is 11.5 Å². The Balaban J connectivity index is 1.91. The quantitative estimate of drug-likeness (QED) is 0.502. The highest BCUT2D eigenvalue weighted by Crippen LogP contribution is 2.22. The Kier molecular flexibility index (Phi) is 4.98. The van der Waals surface area contributed by atoms with Crippen LogP contribution in [0.25, 0.3) is 0 Å². The van der Waals surface area contributed by atoms with E-state index in [2.05, 4.69) is 15.8 Å². The van der Waals surface area contributed by atoms with Gasteiger partial charge in [-0.3, -0.25) is 4.79 Å². The van der Waals surface area contributed by atoms with Crippen molar-refractivity contribution in [2.24, 2.45) is 5.10 Å². The predicted octanol–water partition coefficient (Wildman–Crippen LogP) is 2.05. The molecule has 0 aliphatic carbocycles. The zero-order valence-corrected chi connectivity index (χ0v) is 12.1. The monoisotopic (exact) mass is 299 g/mol. The van der Waals surface area contributed by atoms with Crippen LogP contribution in [0.2, 0.25) is 0 Å². The number of para-hydroxylation sites is 1. The summed E-state index contributed by atoms with van der Waals surface area (Å²) in [5.74, 6) is -0.440. The fourth-order valence-corrected chi connectivity index (χ4v) is 1.81. The van der Waals surface area contributed by atoms with Gasteiger partial charge in [0.25, 0.3) is 5.91 Å². The maximum absolute atomic E-state index is 11.7. The zero-order chi connectivity index (χ0) is 15.9. The molecule has 0 bridgehead atoms. The summed E-state index contributed by atoms with van der Waals surface area (Å²) in [4.78, 5) is 11.7. The van der Waals surface area contributed by atoms with E-state index in [-0.39, 0.29) is 24.0 Å². The molecule has 0 fully saturated rings. The van der Waals surface area contributed by atoms with Crippen molar-refractivity contribution in [1.29, 1.82) is 0 Å². The number of phenols is 2. The van der Waals surface area contributed by atoms with Gasteiger partial charge in [0.05, 0.1) is 12.3 Å². The highest BCUT2D eigenvalue weighted by Gasteiger charge is 2.06. The summed E-state index contributed by atoms with van der Waals surface area (Å²) in [7, 11) is 0. The Morgan fingerprint density at radius 2 is 1.86 bits per heavy atom. The Labute approximate surface area is 128 Å². The number of anilines is 1. The summed E-state index contributed by atoms with van der Waals surface area (Å²) >= 11 is 0. The van der Waals surface area contributed by atoms with Crippen LogP contribution in [-0.4, -0.2) is 28.4 Å². The summed E-state index contributed by atoms with van der Waals surface area (Å²) in [6, 6.07) is 13.5. The number of phenolic OH excluding ortho intramolecular Hbond substituents is 2. The second-order valence-electron chi connectivity index (χ2n) is 4.65. The van der Waals surface area contributed by atoms with Crippen LogP contribution in [0.15, 0.2) is 53.6 Å². The number of nitrogens with zero attached hydrogens (tertiary/aromatic N) is 1. The molecule has 0 aliphatic heterocycles. The van der Waals surface area contributed by atoms with Crippen molar-refractivity contribution in [1.82, 2.24) is 5.43 Å². The third-order valence-electron chi connectivity index (χ3n) is 2.95. The molecule has 2 rings (SSSR count). The first-order valence-electron chi connectivity index (χ1n) is 6.70. The van der Waals surface area contributed by atoms with Gasteiger partial charge in [-0.1, -0.05) is 18.2 Å². The lowest BCUT2D eigenvalue weighted by Gasteiger charge is -2.07. The van der Waals surface area contributed by atoms with Gasteiger partial charge in [-0.05, 0) is 31.2 Å². The zero-order valence-electron chi connectivity index (χ0n) is 12.1. The van der Waals surface area contributed by atoms with Gasteiger partial charge in [0.2, 0.25) is 0 Å². The Morgan fingerprint density at radius 1 is 1.14 bits per heavy atom. The van der Waals surface area contributed by atoms with Gasteiger partial charge in [0.1, 0.15) is 11.5 Å². The predicted molar refractivity (Wildman–Crippen MR) is 85.1 cm³/mol. The second-order valence-corrected chi connectivity index (χ2v) is 4.65. The number of aromatic hydroxyl groups is 2. The summed E-state index contributed by atoms with van der Waals surface area (Å²) in [6.45, 7) is 1.74. The summed E-state index contributed by atoms with van der Waals surface area (Å²) in [5.41, 5.74) is 4.12. The van der Waals surface area contributed by atoms with Crippen LogP contribution in [0.1, 0.15) is 12.5 Å². The molecule has 0 aliphatic rings. The third-order valence-corrected chi connectivity index (χ3v) is 2.95. The topological polar surface area (TPSA) is 94.0 Å². The van der Waals surface area contributed by atoms with Gasteiger partial charge in [0, 0.05) is 17.3 Å². The second kappa shape index (κ2) is 7.12. The van der Waals surface area contributed by atoms with E-state index in [1.807, 2.05) is 30.3 Å². The molecule has 0 atom stereocenters. The number of rotatable bonds is 5. The number of benzene rings is 2. The Hall–Kier alpha value is -3.02.